The van der Waals surface area contributed by atoms with E-state index in [1.54, 1.807) is 14.0 Å². The Balaban J connectivity index is 3.10. The van der Waals surface area contributed by atoms with Crippen LogP contribution in [0.2, 0.25) is 0 Å². The zero-order chi connectivity index (χ0) is 13.7. The number of ether oxygens (including phenoxy) is 1. The first-order valence-corrected chi connectivity index (χ1v) is 5.67. The summed E-state index contributed by atoms with van der Waals surface area (Å²) in [4.78, 5) is 22.8. The molecule has 0 saturated heterocycles. The quantitative estimate of drug-likeness (QED) is 0.764. The maximum Gasteiger partial charge on any atom is 0.253 e. The zero-order valence-corrected chi connectivity index (χ0v) is 10.8. The number of nitrogens with zero attached hydrogens (tertiary/aromatic N) is 1. The average Bonchev–Trinajstić information content (AvgIpc) is 2.28. The van der Waals surface area contributed by atoms with Gasteiger partial charge < -0.3 is 15.2 Å². The monoisotopic (exact) mass is 254 g/mol. The molecule has 0 bridgehead atoms. The molecule has 0 aromatic carbocycles. The van der Waals surface area contributed by atoms with E-state index in [4.69, 9.17) is 4.74 Å². The van der Waals surface area contributed by atoms with Crippen molar-refractivity contribution >= 4 is 11.6 Å². The van der Waals surface area contributed by atoms with Gasteiger partial charge in [-0.3, -0.25) is 14.2 Å². The van der Waals surface area contributed by atoms with Crippen molar-refractivity contribution in [2.45, 2.75) is 26.8 Å². The van der Waals surface area contributed by atoms with Crippen molar-refractivity contribution in [1.82, 2.24) is 4.57 Å². The van der Waals surface area contributed by atoms with E-state index in [0.717, 1.165) is 0 Å². The number of carbonyl (C=O) groups excluding carboxylic acids is 1. The van der Waals surface area contributed by atoms with E-state index in [1.165, 1.54) is 17.6 Å². The molecule has 0 aliphatic heterocycles. The number of pyridine rings is 1. The van der Waals surface area contributed by atoms with Crippen LogP contribution in [0.1, 0.15) is 18.9 Å². The fourth-order valence-electron chi connectivity index (χ4n) is 1.66. The van der Waals surface area contributed by atoms with Gasteiger partial charge in [-0.25, -0.2) is 0 Å². The lowest BCUT2D eigenvalue weighted by Gasteiger charge is -2.14. The van der Waals surface area contributed by atoms with Crippen LogP contribution in [0.15, 0.2) is 10.9 Å². The highest BCUT2D eigenvalue weighted by Gasteiger charge is 2.13. The highest BCUT2D eigenvalue weighted by molar-refractivity contribution is 5.90. The van der Waals surface area contributed by atoms with Gasteiger partial charge in [-0.1, -0.05) is 0 Å². The minimum Gasteiger partial charge on any atom is -0.493 e. The van der Waals surface area contributed by atoms with E-state index in [-0.39, 0.29) is 23.0 Å². The third-order valence-electron chi connectivity index (χ3n) is 2.51. The average molecular weight is 254 g/mol. The normalized spacial score (nSPS) is 10.4. The van der Waals surface area contributed by atoms with Gasteiger partial charge in [0.05, 0.1) is 0 Å². The number of hydrogen-bond acceptors (Lipinski definition) is 4. The van der Waals surface area contributed by atoms with Crippen LogP contribution < -0.4 is 10.9 Å². The van der Waals surface area contributed by atoms with Gasteiger partial charge >= 0.3 is 0 Å². The summed E-state index contributed by atoms with van der Waals surface area (Å²) in [6.45, 7) is 3.84. The number of anilines is 1. The first kappa shape index (κ1) is 14.2. The minimum atomic E-state index is -0.296. The van der Waals surface area contributed by atoms with Gasteiger partial charge in [0.15, 0.2) is 0 Å². The highest BCUT2D eigenvalue weighted by atomic mass is 16.5. The SMILES string of the molecule is COCCCn1c(O)c(NC(C)=O)c(C)cc1=O. The fraction of sp³-hybridized carbons (Fsp3) is 0.500. The van der Waals surface area contributed by atoms with E-state index in [9.17, 15) is 14.7 Å². The van der Waals surface area contributed by atoms with Crippen LogP contribution >= 0.6 is 0 Å². The number of amides is 1. The molecule has 0 atom stereocenters. The van der Waals surface area contributed by atoms with Crippen molar-refractivity contribution in [3.8, 4) is 5.88 Å². The molecule has 0 saturated carbocycles. The van der Waals surface area contributed by atoms with Crippen LogP contribution in [0, 0.1) is 6.92 Å². The standard InChI is InChI=1S/C12H18N2O4/c1-8-7-10(16)14(5-4-6-18-3)12(17)11(8)13-9(2)15/h7,17H,4-6H2,1-3H3,(H,13,15). The van der Waals surface area contributed by atoms with Crippen molar-refractivity contribution in [2.24, 2.45) is 0 Å². The molecule has 1 amide bonds. The summed E-state index contributed by atoms with van der Waals surface area (Å²) < 4.78 is 6.11. The summed E-state index contributed by atoms with van der Waals surface area (Å²) in [5.74, 6) is -0.512. The molecule has 18 heavy (non-hydrogen) atoms. The summed E-state index contributed by atoms with van der Waals surface area (Å²) >= 11 is 0. The Bertz CT molecular complexity index is 494. The van der Waals surface area contributed by atoms with Crippen LogP contribution in [0.25, 0.3) is 0 Å². The molecule has 0 unspecified atom stereocenters. The summed E-state index contributed by atoms with van der Waals surface area (Å²) in [7, 11) is 1.57. The molecular formula is C12H18N2O4. The molecule has 0 spiro atoms. The van der Waals surface area contributed by atoms with E-state index >= 15 is 0 Å². The van der Waals surface area contributed by atoms with Crippen LogP contribution in [-0.4, -0.2) is 29.3 Å². The summed E-state index contributed by atoms with van der Waals surface area (Å²) in [6, 6.07) is 1.39. The number of carbonyl (C=O) groups is 1. The van der Waals surface area contributed by atoms with Gasteiger partial charge in [-0.05, 0) is 18.9 Å². The van der Waals surface area contributed by atoms with Crippen molar-refractivity contribution < 1.29 is 14.6 Å². The molecule has 1 heterocycles. The number of nitrogens with one attached hydrogen (secondary N) is 1. The van der Waals surface area contributed by atoms with Crippen molar-refractivity contribution in [1.29, 1.82) is 0 Å². The lowest BCUT2D eigenvalue weighted by Crippen LogP contribution is -2.22. The van der Waals surface area contributed by atoms with Crippen LogP contribution in [0.3, 0.4) is 0 Å². The molecule has 6 nitrogen and oxygen atoms in total. The Labute approximate surface area is 105 Å². The second-order valence-electron chi connectivity index (χ2n) is 4.04. The second kappa shape index (κ2) is 6.20. The number of aryl methyl sites for hydroxylation is 1. The van der Waals surface area contributed by atoms with Gasteiger partial charge in [-0.2, -0.15) is 0 Å². The Hall–Kier alpha value is -1.82. The summed E-state index contributed by atoms with van der Waals surface area (Å²) in [5, 5.41) is 12.5. The molecule has 100 valence electrons. The van der Waals surface area contributed by atoms with Gasteiger partial charge in [0.1, 0.15) is 5.69 Å². The second-order valence-corrected chi connectivity index (χ2v) is 4.04. The van der Waals surface area contributed by atoms with Gasteiger partial charge in [-0.15, -0.1) is 0 Å². The smallest absolute Gasteiger partial charge is 0.253 e. The van der Waals surface area contributed by atoms with E-state index < -0.39 is 0 Å². The van der Waals surface area contributed by atoms with Crippen molar-refractivity contribution in [2.75, 3.05) is 19.0 Å². The zero-order valence-electron chi connectivity index (χ0n) is 10.8. The maximum absolute atomic E-state index is 11.7. The number of rotatable bonds is 5. The first-order valence-electron chi connectivity index (χ1n) is 5.67. The summed E-state index contributed by atoms with van der Waals surface area (Å²) in [6.07, 6.45) is 0.604. The third-order valence-corrected chi connectivity index (χ3v) is 2.51. The lowest BCUT2D eigenvalue weighted by molar-refractivity contribution is -0.114. The van der Waals surface area contributed by atoms with E-state index in [0.29, 0.717) is 25.1 Å². The predicted octanol–water partition coefficient (Wildman–Crippen LogP) is 0.857. The molecule has 1 aromatic rings. The van der Waals surface area contributed by atoms with Crippen molar-refractivity contribution in [3.63, 3.8) is 0 Å². The van der Waals surface area contributed by atoms with Gasteiger partial charge in [0.2, 0.25) is 11.8 Å². The molecule has 0 radical (unpaired) electrons. The third kappa shape index (κ3) is 3.33. The minimum absolute atomic E-state index is 0.216. The number of aromatic hydroxyl groups is 1. The summed E-state index contributed by atoms with van der Waals surface area (Å²) in [5.41, 5.74) is 0.519. The topological polar surface area (TPSA) is 80.6 Å². The lowest BCUT2D eigenvalue weighted by atomic mass is 10.2. The molecule has 0 fully saturated rings. The predicted molar refractivity (Wildman–Crippen MR) is 67.9 cm³/mol. The Morgan fingerprint density at radius 1 is 1.56 bits per heavy atom. The Morgan fingerprint density at radius 3 is 2.78 bits per heavy atom. The molecule has 2 N–H and O–H groups in total. The van der Waals surface area contributed by atoms with Crippen molar-refractivity contribution in [3.05, 3.63) is 22.0 Å². The Kier molecular flexibility index (Phi) is 4.91. The molecule has 0 aliphatic carbocycles. The number of aromatic nitrogens is 1. The highest BCUT2D eigenvalue weighted by Crippen LogP contribution is 2.25. The first-order chi connectivity index (χ1) is 8.47. The van der Waals surface area contributed by atoms with Gasteiger partial charge in [0.25, 0.3) is 5.56 Å². The fourth-order valence-corrected chi connectivity index (χ4v) is 1.66. The number of hydrogen-bond donors (Lipinski definition) is 2. The van der Waals surface area contributed by atoms with Crippen LogP contribution in [0.5, 0.6) is 5.88 Å². The Morgan fingerprint density at radius 2 is 2.22 bits per heavy atom. The van der Waals surface area contributed by atoms with Crippen LogP contribution in [0.4, 0.5) is 5.69 Å². The molecule has 6 heteroatoms. The largest absolute Gasteiger partial charge is 0.493 e. The van der Waals surface area contributed by atoms with Crippen LogP contribution in [-0.2, 0) is 16.1 Å². The van der Waals surface area contributed by atoms with E-state index in [2.05, 4.69) is 5.32 Å². The molecular weight excluding hydrogens is 236 g/mol. The maximum atomic E-state index is 11.7. The van der Waals surface area contributed by atoms with E-state index in [1.807, 2.05) is 0 Å². The molecule has 1 aromatic heterocycles. The molecule has 1 rings (SSSR count). The molecule has 0 aliphatic rings. The van der Waals surface area contributed by atoms with Gasteiger partial charge in [0, 0.05) is 33.3 Å². The number of methoxy groups -OCH3 is 1.